The van der Waals surface area contributed by atoms with Crippen molar-refractivity contribution >= 4 is 6.03 Å². The number of carbonyl (C=O) groups is 1. The lowest BCUT2D eigenvalue weighted by atomic mass is 10.1. The zero-order chi connectivity index (χ0) is 17.5. The molecule has 5 heteroatoms. The van der Waals surface area contributed by atoms with E-state index in [0.29, 0.717) is 17.9 Å². The Bertz CT molecular complexity index is 701. The van der Waals surface area contributed by atoms with Crippen LogP contribution in [0.2, 0.25) is 0 Å². The van der Waals surface area contributed by atoms with E-state index in [1.165, 1.54) is 5.56 Å². The number of amides is 2. The highest BCUT2D eigenvalue weighted by Crippen LogP contribution is 2.18. The molecule has 5 nitrogen and oxygen atoms in total. The van der Waals surface area contributed by atoms with Gasteiger partial charge in [0.05, 0.1) is 13.2 Å². The molecule has 2 amide bonds. The van der Waals surface area contributed by atoms with Gasteiger partial charge in [0.15, 0.2) is 0 Å². The van der Waals surface area contributed by atoms with Gasteiger partial charge in [-0.2, -0.15) is 0 Å². The molecule has 0 aliphatic carbocycles. The number of rotatable bonds is 6. The monoisotopic (exact) mass is 328 g/mol. The van der Waals surface area contributed by atoms with Gasteiger partial charge in [-0.1, -0.05) is 35.9 Å². The molecule has 0 saturated carbocycles. The lowest BCUT2D eigenvalue weighted by molar-refractivity contribution is 0.172. The summed E-state index contributed by atoms with van der Waals surface area (Å²) in [6.07, 6.45) is -0.785. The lowest BCUT2D eigenvalue weighted by Gasteiger charge is -2.14. The van der Waals surface area contributed by atoms with Crippen LogP contribution in [-0.4, -0.2) is 24.8 Å². The second kappa shape index (κ2) is 8.36. The van der Waals surface area contributed by atoms with Crippen LogP contribution in [0.5, 0.6) is 5.75 Å². The number of aryl methyl sites for hydroxylation is 2. The van der Waals surface area contributed by atoms with Gasteiger partial charge in [-0.3, -0.25) is 0 Å². The van der Waals surface area contributed by atoms with E-state index in [1.54, 1.807) is 31.4 Å². The first-order valence-corrected chi connectivity index (χ1v) is 7.89. The van der Waals surface area contributed by atoms with Crippen LogP contribution >= 0.6 is 0 Å². The van der Waals surface area contributed by atoms with Gasteiger partial charge in [0.25, 0.3) is 0 Å². The summed E-state index contributed by atoms with van der Waals surface area (Å²) >= 11 is 0. The van der Waals surface area contributed by atoms with Crippen molar-refractivity contribution in [2.45, 2.75) is 26.5 Å². The fraction of sp³-hybridized carbons (Fsp3) is 0.316. The minimum absolute atomic E-state index is 0.131. The van der Waals surface area contributed by atoms with Crippen molar-refractivity contribution in [3.8, 4) is 5.75 Å². The van der Waals surface area contributed by atoms with E-state index in [1.807, 2.05) is 26.0 Å². The smallest absolute Gasteiger partial charge is 0.315 e. The summed E-state index contributed by atoms with van der Waals surface area (Å²) in [5.74, 6) is 0.672. The minimum Gasteiger partial charge on any atom is -0.497 e. The predicted molar refractivity (Wildman–Crippen MR) is 94.1 cm³/mol. The predicted octanol–water partition coefficient (Wildman–Crippen LogP) is 2.84. The zero-order valence-corrected chi connectivity index (χ0v) is 14.3. The number of hydrogen-bond donors (Lipinski definition) is 3. The fourth-order valence-corrected chi connectivity index (χ4v) is 2.44. The average molecular weight is 328 g/mol. The summed E-state index contributed by atoms with van der Waals surface area (Å²) in [7, 11) is 1.57. The van der Waals surface area contributed by atoms with Crippen LogP contribution in [0.3, 0.4) is 0 Å². The van der Waals surface area contributed by atoms with Gasteiger partial charge in [-0.05, 0) is 42.7 Å². The second-order valence-corrected chi connectivity index (χ2v) is 5.79. The van der Waals surface area contributed by atoms with Crippen LogP contribution < -0.4 is 15.4 Å². The molecule has 1 atom stereocenters. The number of hydrogen-bond acceptors (Lipinski definition) is 3. The molecule has 0 saturated heterocycles. The molecule has 0 aliphatic heterocycles. The number of ether oxygens (including phenoxy) is 1. The molecule has 0 aromatic heterocycles. The molecule has 0 aliphatic rings. The summed E-state index contributed by atoms with van der Waals surface area (Å²) in [5.41, 5.74) is 4.11. The number of aliphatic hydroxyl groups excluding tert-OH is 1. The van der Waals surface area contributed by atoms with Gasteiger partial charge in [0.1, 0.15) is 5.75 Å². The molecule has 1 unspecified atom stereocenters. The Hall–Kier alpha value is -2.53. The van der Waals surface area contributed by atoms with E-state index >= 15 is 0 Å². The number of methoxy groups -OCH3 is 1. The normalized spacial score (nSPS) is 11.7. The molecule has 2 aromatic carbocycles. The first kappa shape index (κ1) is 17.8. The molecule has 2 rings (SSSR count). The summed E-state index contributed by atoms with van der Waals surface area (Å²) in [5, 5.41) is 15.6. The summed E-state index contributed by atoms with van der Waals surface area (Å²) < 4.78 is 5.13. The van der Waals surface area contributed by atoms with Crippen molar-refractivity contribution in [1.29, 1.82) is 0 Å². The highest BCUT2D eigenvalue weighted by Gasteiger charge is 2.10. The van der Waals surface area contributed by atoms with E-state index in [0.717, 1.165) is 11.1 Å². The first-order valence-electron chi connectivity index (χ1n) is 7.89. The Morgan fingerprint density at radius 3 is 2.67 bits per heavy atom. The molecule has 0 radical (unpaired) electrons. The highest BCUT2D eigenvalue weighted by atomic mass is 16.5. The number of aliphatic hydroxyl groups is 1. The summed E-state index contributed by atoms with van der Waals surface area (Å²) in [4.78, 5) is 11.9. The van der Waals surface area contributed by atoms with Gasteiger partial charge in [0.2, 0.25) is 0 Å². The van der Waals surface area contributed by atoms with Crippen LogP contribution in [0.1, 0.15) is 28.4 Å². The highest BCUT2D eigenvalue weighted by molar-refractivity contribution is 5.73. The fourth-order valence-electron chi connectivity index (χ4n) is 2.44. The summed E-state index contributed by atoms with van der Waals surface area (Å²) in [6, 6.07) is 13.0. The van der Waals surface area contributed by atoms with Crippen molar-refractivity contribution < 1.29 is 14.6 Å². The van der Waals surface area contributed by atoms with Crippen LogP contribution in [0.4, 0.5) is 4.79 Å². The molecule has 24 heavy (non-hydrogen) atoms. The number of carbonyl (C=O) groups excluding carboxylic acids is 1. The number of benzene rings is 2. The van der Waals surface area contributed by atoms with Crippen LogP contribution in [0.25, 0.3) is 0 Å². The van der Waals surface area contributed by atoms with Gasteiger partial charge in [-0.15, -0.1) is 0 Å². The molecule has 2 aromatic rings. The average Bonchev–Trinajstić information content (AvgIpc) is 2.59. The largest absolute Gasteiger partial charge is 0.497 e. The quantitative estimate of drug-likeness (QED) is 0.763. The van der Waals surface area contributed by atoms with Crippen molar-refractivity contribution in [3.63, 3.8) is 0 Å². The maximum atomic E-state index is 11.9. The topological polar surface area (TPSA) is 70.6 Å². The Morgan fingerprint density at radius 2 is 1.96 bits per heavy atom. The zero-order valence-electron chi connectivity index (χ0n) is 14.3. The van der Waals surface area contributed by atoms with Gasteiger partial charge in [-0.25, -0.2) is 4.79 Å². The summed E-state index contributed by atoms with van der Waals surface area (Å²) in [6.45, 7) is 4.64. The Kier molecular flexibility index (Phi) is 6.21. The molecule has 0 heterocycles. The third-order valence-corrected chi connectivity index (χ3v) is 3.87. The van der Waals surface area contributed by atoms with E-state index in [-0.39, 0.29) is 12.6 Å². The molecule has 0 spiro atoms. The third-order valence-electron chi connectivity index (χ3n) is 3.87. The van der Waals surface area contributed by atoms with Gasteiger partial charge >= 0.3 is 6.03 Å². The van der Waals surface area contributed by atoms with E-state index in [9.17, 15) is 9.90 Å². The maximum Gasteiger partial charge on any atom is 0.315 e. The van der Waals surface area contributed by atoms with Crippen LogP contribution in [-0.2, 0) is 6.54 Å². The van der Waals surface area contributed by atoms with Crippen molar-refractivity contribution in [2.24, 2.45) is 0 Å². The van der Waals surface area contributed by atoms with Gasteiger partial charge in [0, 0.05) is 13.1 Å². The van der Waals surface area contributed by atoms with Crippen molar-refractivity contribution in [3.05, 3.63) is 64.7 Å². The van der Waals surface area contributed by atoms with Gasteiger partial charge < -0.3 is 20.5 Å². The Labute approximate surface area is 142 Å². The maximum absolute atomic E-state index is 11.9. The Morgan fingerprint density at radius 1 is 1.17 bits per heavy atom. The molecule has 0 bridgehead atoms. The molecule has 128 valence electrons. The van der Waals surface area contributed by atoms with Crippen LogP contribution in [0, 0.1) is 13.8 Å². The molecule has 3 N–H and O–H groups in total. The SMILES string of the molecule is COc1cccc(C(O)CNC(=O)NCc2ccc(C)cc2C)c1. The van der Waals surface area contributed by atoms with E-state index in [4.69, 9.17) is 4.74 Å². The minimum atomic E-state index is -0.785. The van der Waals surface area contributed by atoms with E-state index in [2.05, 4.69) is 16.7 Å². The van der Waals surface area contributed by atoms with E-state index < -0.39 is 6.10 Å². The van der Waals surface area contributed by atoms with Crippen molar-refractivity contribution in [2.75, 3.05) is 13.7 Å². The molecular formula is C19H24N2O3. The Balaban J connectivity index is 1.82. The molecular weight excluding hydrogens is 304 g/mol. The number of urea groups is 1. The van der Waals surface area contributed by atoms with Crippen LogP contribution in [0.15, 0.2) is 42.5 Å². The first-order chi connectivity index (χ1) is 11.5. The lowest BCUT2D eigenvalue weighted by Crippen LogP contribution is -2.37. The standard InChI is InChI=1S/C19H24N2O3/c1-13-7-8-16(14(2)9-13)11-20-19(23)21-12-18(22)15-5-4-6-17(10-15)24-3/h4-10,18,22H,11-12H2,1-3H3,(H2,20,21,23). The van der Waals surface area contributed by atoms with Crippen molar-refractivity contribution in [1.82, 2.24) is 10.6 Å². The number of nitrogens with one attached hydrogen (secondary N) is 2. The second-order valence-electron chi connectivity index (χ2n) is 5.79. The third kappa shape index (κ3) is 4.99. The molecule has 0 fully saturated rings.